The first kappa shape index (κ1) is 17.8. The van der Waals surface area contributed by atoms with E-state index in [-0.39, 0.29) is 24.2 Å². The predicted octanol–water partition coefficient (Wildman–Crippen LogP) is 1.78. The molecule has 2 aliphatic rings. The molecule has 1 aliphatic carbocycles. The summed E-state index contributed by atoms with van der Waals surface area (Å²) < 4.78 is 27.4. The van der Waals surface area contributed by atoms with Crippen LogP contribution in [0.5, 0.6) is 17.2 Å². The van der Waals surface area contributed by atoms with Crippen molar-refractivity contribution in [2.24, 2.45) is 0 Å². The highest BCUT2D eigenvalue weighted by molar-refractivity contribution is 5.95. The summed E-state index contributed by atoms with van der Waals surface area (Å²) >= 11 is 0. The lowest BCUT2D eigenvalue weighted by Gasteiger charge is -2.39. The van der Waals surface area contributed by atoms with Gasteiger partial charge in [-0.25, -0.2) is 0 Å². The number of carbonyl (C=O) groups is 1. The highest BCUT2D eigenvalue weighted by atomic mass is 16.6. The molecule has 7 heteroatoms. The molecular weight excluding hydrogens is 326 g/mol. The smallest absolute Gasteiger partial charge is 0.251 e. The summed E-state index contributed by atoms with van der Waals surface area (Å²) in [6.07, 6.45) is 2.75. The number of fused-ring (bicyclic) bond motifs is 1. The zero-order chi connectivity index (χ0) is 17.8. The number of carbonyl (C=O) groups excluding carboxylic acids is 1. The monoisotopic (exact) mass is 351 g/mol. The van der Waals surface area contributed by atoms with Crippen molar-refractivity contribution in [2.45, 2.75) is 37.5 Å². The molecule has 3 unspecified atom stereocenters. The lowest BCUT2D eigenvalue weighted by atomic mass is 9.89. The van der Waals surface area contributed by atoms with Crippen molar-refractivity contribution in [1.29, 1.82) is 0 Å². The van der Waals surface area contributed by atoms with Crippen LogP contribution in [0.25, 0.3) is 0 Å². The minimum Gasteiger partial charge on any atom is -0.493 e. The Morgan fingerprint density at radius 3 is 2.24 bits per heavy atom. The van der Waals surface area contributed by atoms with E-state index in [1.807, 2.05) is 0 Å². The van der Waals surface area contributed by atoms with Gasteiger partial charge in [0.05, 0.1) is 46.8 Å². The van der Waals surface area contributed by atoms with Crippen molar-refractivity contribution >= 4 is 5.91 Å². The van der Waals surface area contributed by atoms with Crippen LogP contribution >= 0.6 is 0 Å². The van der Waals surface area contributed by atoms with Gasteiger partial charge in [0.2, 0.25) is 5.75 Å². The van der Waals surface area contributed by atoms with E-state index in [9.17, 15) is 4.79 Å². The molecule has 1 saturated heterocycles. The summed E-state index contributed by atoms with van der Waals surface area (Å²) in [5.74, 6) is 1.22. The van der Waals surface area contributed by atoms with Gasteiger partial charge < -0.3 is 29.0 Å². The van der Waals surface area contributed by atoms with E-state index in [0.29, 0.717) is 36.0 Å². The summed E-state index contributed by atoms with van der Waals surface area (Å²) in [6.45, 7) is 1.28. The maximum Gasteiger partial charge on any atom is 0.251 e. The van der Waals surface area contributed by atoms with E-state index >= 15 is 0 Å². The largest absolute Gasteiger partial charge is 0.493 e. The Morgan fingerprint density at radius 2 is 1.64 bits per heavy atom. The molecule has 3 rings (SSSR count). The fourth-order valence-electron chi connectivity index (χ4n) is 3.48. The molecule has 1 N–H and O–H groups in total. The van der Waals surface area contributed by atoms with Crippen molar-refractivity contribution in [3.63, 3.8) is 0 Å². The van der Waals surface area contributed by atoms with E-state index in [0.717, 1.165) is 19.3 Å². The van der Waals surface area contributed by atoms with Crippen molar-refractivity contribution in [3.05, 3.63) is 17.7 Å². The highest BCUT2D eigenvalue weighted by Crippen LogP contribution is 2.38. The van der Waals surface area contributed by atoms with Crippen LogP contribution in [0.2, 0.25) is 0 Å². The van der Waals surface area contributed by atoms with Crippen LogP contribution in [0.15, 0.2) is 12.1 Å². The van der Waals surface area contributed by atoms with Gasteiger partial charge in [-0.2, -0.15) is 0 Å². The number of hydrogen-bond acceptors (Lipinski definition) is 6. The van der Waals surface area contributed by atoms with Gasteiger partial charge >= 0.3 is 0 Å². The highest BCUT2D eigenvalue weighted by Gasteiger charge is 2.34. The normalized spacial score (nSPS) is 25.6. The maximum absolute atomic E-state index is 12.7. The Bertz CT molecular complexity index is 595. The summed E-state index contributed by atoms with van der Waals surface area (Å²) in [6, 6.07) is 3.37. The SMILES string of the molecule is COc1cc(C(=O)NC2CCC3OCCOC3C2)cc(OC)c1OC. The third-order valence-corrected chi connectivity index (χ3v) is 4.74. The first-order chi connectivity index (χ1) is 12.2. The maximum atomic E-state index is 12.7. The van der Waals surface area contributed by atoms with Gasteiger partial charge in [-0.1, -0.05) is 0 Å². The molecule has 3 atom stereocenters. The summed E-state index contributed by atoms with van der Waals surface area (Å²) in [5, 5.41) is 3.08. The molecule has 1 amide bonds. The number of nitrogens with one attached hydrogen (secondary N) is 1. The zero-order valence-corrected chi connectivity index (χ0v) is 14.9. The quantitative estimate of drug-likeness (QED) is 0.872. The predicted molar refractivity (Wildman–Crippen MR) is 90.7 cm³/mol. The molecule has 2 fully saturated rings. The lowest BCUT2D eigenvalue weighted by molar-refractivity contribution is -0.157. The number of rotatable bonds is 5. The number of amides is 1. The van der Waals surface area contributed by atoms with Gasteiger partial charge in [0.15, 0.2) is 11.5 Å². The molecular formula is C18H25NO6. The molecule has 0 aromatic heterocycles. The Morgan fingerprint density at radius 1 is 1.00 bits per heavy atom. The Kier molecular flexibility index (Phi) is 5.65. The Hall–Kier alpha value is -1.99. The number of methoxy groups -OCH3 is 3. The molecule has 1 aromatic carbocycles. The van der Waals surface area contributed by atoms with Crippen LogP contribution in [0.1, 0.15) is 29.6 Å². The molecule has 0 bridgehead atoms. The van der Waals surface area contributed by atoms with Crippen LogP contribution in [0.4, 0.5) is 0 Å². The van der Waals surface area contributed by atoms with E-state index < -0.39 is 0 Å². The van der Waals surface area contributed by atoms with E-state index in [2.05, 4.69) is 5.32 Å². The molecule has 1 saturated carbocycles. The second-order valence-electron chi connectivity index (χ2n) is 6.22. The van der Waals surface area contributed by atoms with Gasteiger partial charge in [0.1, 0.15) is 0 Å². The fraction of sp³-hybridized carbons (Fsp3) is 0.611. The summed E-state index contributed by atoms with van der Waals surface area (Å²) in [4.78, 5) is 12.7. The van der Waals surface area contributed by atoms with Crippen LogP contribution in [0.3, 0.4) is 0 Å². The second-order valence-corrected chi connectivity index (χ2v) is 6.22. The summed E-state index contributed by atoms with van der Waals surface area (Å²) in [5.41, 5.74) is 0.470. The molecule has 0 spiro atoms. The lowest BCUT2D eigenvalue weighted by Crippen LogP contribution is -2.49. The standard InChI is InChI=1S/C18H25NO6/c1-21-15-8-11(9-16(22-2)17(15)23-3)18(20)19-12-4-5-13-14(10-12)25-7-6-24-13/h8-9,12-14H,4-7,10H2,1-3H3,(H,19,20). The minimum atomic E-state index is -0.167. The van der Waals surface area contributed by atoms with E-state index in [1.54, 1.807) is 12.1 Å². The third-order valence-electron chi connectivity index (χ3n) is 4.74. The second kappa shape index (κ2) is 7.93. The average molecular weight is 351 g/mol. The Labute approximate surface area is 147 Å². The van der Waals surface area contributed by atoms with Gasteiger partial charge in [-0.3, -0.25) is 4.79 Å². The molecule has 1 aromatic rings. The average Bonchev–Trinajstić information content (AvgIpc) is 2.66. The molecule has 0 radical (unpaired) electrons. The molecule has 1 aliphatic heterocycles. The van der Waals surface area contributed by atoms with Crippen LogP contribution in [-0.4, -0.2) is 58.7 Å². The topological polar surface area (TPSA) is 75.3 Å². The molecule has 138 valence electrons. The first-order valence-electron chi connectivity index (χ1n) is 8.50. The fourth-order valence-corrected chi connectivity index (χ4v) is 3.48. The number of ether oxygens (including phenoxy) is 5. The van der Waals surface area contributed by atoms with Crippen LogP contribution < -0.4 is 19.5 Å². The van der Waals surface area contributed by atoms with Gasteiger partial charge in [0.25, 0.3) is 5.91 Å². The minimum absolute atomic E-state index is 0.0627. The van der Waals surface area contributed by atoms with Gasteiger partial charge in [0, 0.05) is 11.6 Å². The molecule has 7 nitrogen and oxygen atoms in total. The van der Waals surface area contributed by atoms with Gasteiger partial charge in [-0.05, 0) is 31.4 Å². The number of hydrogen-bond donors (Lipinski definition) is 1. The van der Waals surface area contributed by atoms with Crippen molar-refractivity contribution in [1.82, 2.24) is 5.32 Å². The first-order valence-corrected chi connectivity index (χ1v) is 8.50. The molecule has 1 heterocycles. The van der Waals surface area contributed by atoms with Crippen molar-refractivity contribution < 1.29 is 28.5 Å². The Balaban J connectivity index is 1.70. The number of benzene rings is 1. The zero-order valence-electron chi connectivity index (χ0n) is 14.9. The van der Waals surface area contributed by atoms with Crippen LogP contribution in [-0.2, 0) is 9.47 Å². The summed E-state index contributed by atoms with van der Waals surface area (Å²) in [7, 11) is 4.59. The van der Waals surface area contributed by atoms with Gasteiger partial charge in [-0.15, -0.1) is 0 Å². The molecule has 25 heavy (non-hydrogen) atoms. The van der Waals surface area contributed by atoms with Crippen molar-refractivity contribution in [3.8, 4) is 17.2 Å². The van der Waals surface area contributed by atoms with E-state index in [1.165, 1.54) is 21.3 Å². The van der Waals surface area contributed by atoms with Crippen molar-refractivity contribution in [2.75, 3.05) is 34.5 Å². The van der Waals surface area contributed by atoms with E-state index in [4.69, 9.17) is 23.7 Å². The van der Waals surface area contributed by atoms with Crippen LogP contribution in [0, 0.1) is 0 Å². The third kappa shape index (κ3) is 3.82.